The Morgan fingerprint density at radius 3 is 2.56 bits per heavy atom. The first-order valence-electron chi connectivity index (χ1n) is 12.6. The lowest BCUT2D eigenvalue weighted by atomic mass is 9.52. The van der Waals surface area contributed by atoms with Gasteiger partial charge in [0, 0.05) is 17.9 Å². The highest BCUT2D eigenvalue weighted by molar-refractivity contribution is 6.13. The molecular weight excluding hydrogens is 426 g/mol. The zero-order valence-corrected chi connectivity index (χ0v) is 20.2. The van der Waals surface area contributed by atoms with Crippen LogP contribution in [0.25, 0.3) is 0 Å². The molecule has 0 unspecified atom stereocenters. The molecule has 1 aromatic carbocycles. The predicted molar refractivity (Wildman–Crippen MR) is 133 cm³/mol. The Hall–Kier alpha value is -2.50. The Labute approximate surface area is 202 Å². The van der Waals surface area contributed by atoms with Crippen molar-refractivity contribution < 1.29 is 19.8 Å². The smallest absolute Gasteiger partial charge is 0.235 e. The second-order valence-electron chi connectivity index (χ2n) is 10.5. The molecular formula is C29H37NO4. The number of nitrogens with one attached hydrogen (secondary N) is 1. The van der Waals surface area contributed by atoms with E-state index in [1.165, 1.54) is 12.2 Å². The lowest BCUT2D eigenvalue weighted by Crippen LogP contribution is -2.58. The molecule has 34 heavy (non-hydrogen) atoms. The van der Waals surface area contributed by atoms with Gasteiger partial charge in [-0.3, -0.25) is 9.59 Å². The van der Waals surface area contributed by atoms with E-state index >= 15 is 0 Å². The zero-order chi connectivity index (χ0) is 24.5. The molecule has 2 aliphatic carbocycles. The molecule has 2 fully saturated rings. The quantitative estimate of drug-likeness (QED) is 0.460. The normalized spacial score (nSPS) is 40.7. The average molecular weight is 464 g/mol. The van der Waals surface area contributed by atoms with Crippen molar-refractivity contribution in [1.82, 2.24) is 5.32 Å². The molecule has 3 N–H and O–H groups in total. The molecule has 1 saturated carbocycles. The maximum Gasteiger partial charge on any atom is 0.235 e. The number of benzene rings is 1. The highest BCUT2D eigenvalue weighted by atomic mass is 16.3. The molecule has 5 heteroatoms. The third kappa shape index (κ3) is 4.32. The van der Waals surface area contributed by atoms with E-state index in [1.807, 2.05) is 49.4 Å². The third-order valence-corrected chi connectivity index (χ3v) is 8.28. The highest BCUT2D eigenvalue weighted by Crippen LogP contribution is 2.56. The van der Waals surface area contributed by atoms with Gasteiger partial charge in [0.25, 0.3) is 0 Å². The first-order valence-corrected chi connectivity index (χ1v) is 12.6. The Kier molecular flexibility index (Phi) is 7.25. The number of allylic oxidation sites excluding steroid dienone is 2. The van der Waals surface area contributed by atoms with Gasteiger partial charge < -0.3 is 15.5 Å². The number of rotatable bonds is 2. The van der Waals surface area contributed by atoms with Crippen LogP contribution in [0.15, 0.2) is 66.8 Å². The van der Waals surface area contributed by atoms with Gasteiger partial charge in [-0.1, -0.05) is 81.8 Å². The topological polar surface area (TPSA) is 86.6 Å². The van der Waals surface area contributed by atoms with Crippen molar-refractivity contribution in [3.63, 3.8) is 0 Å². The maximum atomic E-state index is 13.9. The molecule has 3 aliphatic rings. The number of amides is 1. The summed E-state index contributed by atoms with van der Waals surface area (Å²) < 4.78 is 0. The molecule has 0 bridgehead atoms. The fourth-order valence-corrected chi connectivity index (χ4v) is 6.37. The van der Waals surface area contributed by atoms with E-state index in [1.54, 1.807) is 0 Å². The number of aliphatic hydroxyl groups excluding tert-OH is 2. The molecule has 1 aromatic rings. The molecule has 8 atom stereocenters. The van der Waals surface area contributed by atoms with Crippen LogP contribution >= 0.6 is 0 Å². The summed E-state index contributed by atoms with van der Waals surface area (Å²) in [4.78, 5) is 27.7. The Bertz CT molecular complexity index is 983. The third-order valence-electron chi connectivity index (χ3n) is 8.28. The van der Waals surface area contributed by atoms with Crippen molar-refractivity contribution in [3.8, 4) is 0 Å². The van der Waals surface area contributed by atoms with Gasteiger partial charge in [-0.15, -0.1) is 0 Å². The molecule has 182 valence electrons. The van der Waals surface area contributed by atoms with Crippen molar-refractivity contribution >= 4 is 11.7 Å². The largest absolute Gasteiger partial charge is 0.389 e. The van der Waals surface area contributed by atoms with E-state index in [9.17, 15) is 19.8 Å². The molecule has 0 radical (unpaired) electrons. The van der Waals surface area contributed by atoms with Gasteiger partial charge >= 0.3 is 0 Å². The number of hydrogen-bond donors (Lipinski definition) is 3. The van der Waals surface area contributed by atoms with Crippen LogP contribution in [0.2, 0.25) is 0 Å². The molecule has 1 aliphatic heterocycles. The monoisotopic (exact) mass is 463 g/mol. The van der Waals surface area contributed by atoms with E-state index in [2.05, 4.69) is 18.8 Å². The van der Waals surface area contributed by atoms with Crippen LogP contribution in [0.5, 0.6) is 0 Å². The SMILES string of the molecule is C=C1[C@@H](C)[C@H]2[C@H](Cc3ccccc3)NC(=O)[C@@]23C(=O)/C=C/[C@@H](O)CCC[C@@H](C)C/C=C/[C@@H]3[C@@H]1O. The fraction of sp³-hybridized carbons (Fsp3) is 0.517. The molecule has 1 heterocycles. The van der Waals surface area contributed by atoms with Crippen LogP contribution in [0.4, 0.5) is 0 Å². The fourth-order valence-electron chi connectivity index (χ4n) is 6.37. The summed E-state index contributed by atoms with van der Waals surface area (Å²) in [5, 5.41) is 24.9. The van der Waals surface area contributed by atoms with Gasteiger partial charge in [0.2, 0.25) is 5.91 Å². The van der Waals surface area contributed by atoms with Gasteiger partial charge in [-0.05, 0) is 48.3 Å². The summed E-state index contributed by atoms with van der Waals surface area (Å²) in [7, 11) is 0. The van der Waals surface area contributed by atoms with Crippen molar-refractivity contribution in [1.29, 1.82) is 0 Å². The van der Waals surface area contributed by atoms with Crippen molar-refractivity contribution in [2.24, 2.45) is 29.1 Å². The average Bonchev–Trinajstić information content (AvgIpc) is 3.11. The number of carbonyl (C=O) groups is 2. The number of carbonyl (C=O) groups excluding carboxylic acids is 2. The second-order valence-corrected chi connectivity index (χ2v) is 10.5. The van der Waals surface area contributed by atoms with Gasteiger partial charge in [-0.2, -0.15) is 0 Å². The number of ketones is 1. The standard InChI is InChI=1S/C29H37NO4/c1-18-9-7-13-22(31)15-16-25(32)29-23(14-8-10-18)27(33)20(3)19(2)26(29)24(30-28(29)34)17-21-11-5-4-6-12-21/h4-6,8,11-12,14-16,18-19,22-24,26-27,31,33H,3,7,9-10,13,17H2,1-2H3,(H,30,34)/b14-8+,16-15+/t18-,19-,22+,23-,24+,26+,27-,29+/m1/s1. The molecule has 4 rings (SSSR count). The number of aliphatic hydroxyl groups is 2. The van der Waals surface area contributed by atoms with E-state index in [-0.39, 0.29) is 29.6 Å². The number of hydrogen-bond acceptors (Lipinski definition) is 4. The summed E-state index contributed by atoms with van der Waals surface area (Å²) in [5.74, 6) is -1.57. The second kappa shape index (κ2) is 10.0. The van der Waals surface area contributed by atoms with Gasteiger partial charge in [-0.25, -0.2) is 0 Å². The van der Waals surface area contributed by atoms with E-state index < -0.39 is 23.5 Å². The predicted octanol–water partition coefficient (Wildman–Crippen LogP) is 3.77. The lowest BCUT2D eigenvalue weighted by molar-refractivity contribution is -0.148. The van der Waals surface area contributed by atoms with E-state index in [0.29, 0.717) is 24.3 Å². The van der Waals surface area contributed by atoms with Crippen LogP contribution in [0, 0.1) is 29.1 Å². The summed E-state index contributed by atoms with van der Waals surface area (Å²) in [6.07, 6.45) is 8.88. The summed E-state index contributed by atoms with van der Waals surface area (Å²) in [6, 6.07) is 9.68. The van der Waals surface area contributed by atoms with E-state index in [4.69, 9.17) is 0 Å². The Morgan fingerprint density at radius 2 is 1.82 bits per heavy atom. The Morgan fingerprint density at radius 1 is 1.09 bits per heavy atom. The van der Waals surface area contributed by atoms with Crippen LogP contribution in [-0.2, 0) is 16.0 Å². The minimum absolute atomic E-state index is 0.232. The van der Waals surface area contributed by atoms with Crippen molar-refractivity contribution in [3.05, 3.63) is 72.4 Å². The van der Waals surface area contributed by atoms with Crippen molar-refractivity contribution in [2.75, 3.05) is 0 Å². The summed E-state index contributed by atoms with van der Waals surface area (Å²) in [6.45, 7) is 8.32. The summed E-state index contributed by atoms with van der Waals surface area (Å²) in [5.41, 5.74) is 0.306. The lowest BCUT2D eigenvalue weighted by Gasteiger charge is -2.48. The first kappa shape index (κ1) is 24.6. The summed E-state index contributed by atoms with van der Waals surface area (Å²) >= 11 is 0. The maximum absolute atomic E-state index is 13.9. The van der Waals surface area contributed by atoms with Gasteiger partial charge in [0.15, 0.2) is 5.78 Å². The molecule has 1 spiro atoms. The van der Waals surface area contributed by atoms with Gasteiger partial charge in [0.05, 0.1) is 12.2 Å². The highest BCUT2D eigenvalue weighted by Gasteiger charge is 2.68. The van der Waals surface area contributed by atoms with Gasteiger partial charge in [0.1, 0.15) is 5.41 Å². The van der Waals surface area contributed by atoms with Crippen LogP contribution in [0.1, 0.15) is 45.1 Å². The molecule has 1 saturated heterocycles. The Balaban J connectivity index is 1.83. The van der Waals surface area contributed by atoms with Crippen LogP contribution in [0.3, 0.4) is 0 Å². The molecule has 0 aromatic heterocycles. The minimum Gasteiger partial charge on any atom is -0.389 e. The van der Waals surface area contributed by atoms with Crippen LogP contribution < -0.4 is 5.32 Å². The van der Waals surface area contributed by atoms with Crippen molar-refractivity contribution in [2.45, 2.75) is 64.2 Å². The van der Waals surface area contributed by atoms with E-state index in [0.717, 1.165) is 24.8 Å². The zero-order valence-electron chi connectivity index (χ0n) is 20.2. The molecule has 1 amide bonds. The minimum atomic E-state index is -1.44. The first-order chi connectivity index (χ1) is 16.3. The van der Waals surface area contributed by atoms with Crippen LogP contribution in [-0.4, -0.2) is 40.2 Å². The molecule has 5 nitrogen and oxygen atoms in total.